The van der Waals surface area contributed by atoms with Crippen LogP contribution >= 0.6 is 0 Å². The molecule has 0 bridgehead atoms. The van der Waals surface area contributed by atoms with E-state index >= 15 is 0 Å². The molecule has 10 aromatic carbocycles. The van der Waals surface area contributed by atoms with Gasteiger partial charge in [0.15, 0.2) is 0 Å². The molecule has 280 valence electrons. The lowest BCUT2D eigenvalue weighted by Crippen LogP contribution is -2.09. The third-order valence-corrected chi connectivity index (χ3v) is 11.2. The summed E-state index contributed by atoms with van der Waals surface area (Å²) in [4.78, 5) is 4.58. The van der Waals surface area contributed by atoms with Crippen LogP contribution in [-0.2, 0) is 0 Å². The van der Waals surface area contributed by atoms with Gasteiger partial charge in [-0.25, -0.2) is 0 Å². The number of nitrogens with zero attached hydrogens (tertiary/aromatic N) is 2. The molecule has 59 heavy (non-hydrogen) atoms. The highest BCUT2D eigenvalue weighted by atomic mass is 15.1. The van der Waals surface area contributed by atoms with Gasteiger partial charge in [0.1, 0.15) is 0 Å². The second-order valence-electron chi connectivity index (χ2n) is 14.8. The second-order valence-corrected chi connectivity index (χ2v) is 14.8. The first kappa shape index (κ1) is 35.5. The predicted octanol–water partition coefficient (Wildman–Crippen LogP) is 15.5. The number of benzene rings is 10. The summed E-state index contributed by atoms with van der Waals surface area (Å²) in [6.45, 7) is 0. The fourth-order valence-corrected chi connectivity index (χ4v) is 8.40. The maximum atomic E-state index is 6.88. The number of para-hydroxylation sites is 4. The van der Waals surface area contributed by atoms with E-state index in [2.05, 4.69) is 240 Å². The third-order valence-electron chi connectivity index (χ3n) is 11.2. The Morgan fingerprint density at radius 3 is 1.24 bits per heavy atom. The van der Waals surface area contributed by atoms with Crippen LogP contribution < -0.4 is 15.5 Å². The molecule has 0 radical (unpaired) electrons. The molecule has 0 spiro atoms. The topological polar surface area (TPSA) is 32.5 Å². The molecule has 0 unspecified atom stereocenters. The molecule has 2 N–H and O–H groups in total. The minimum Gasteiger partial charge on any atom is -0.398 e. The summed E-state index contributed by atoms with van der Waals surface area (Å²) >= 11 is 0. The van der Waals surface area contributed by atoms with Crippen LogP contribution in [0.25, 0.3) is 54.9 Å². The Hall–Kier alpha value is -7.88. The number of hydrogen-bond donors (Lipinski definition) is 1. The maximum Gasteiger partial charge on any atom is 0.0462 e. The Labute approximate surface area is 345 Å². The minimum absolute atomic E-state index is 0.768. The number of rotatable bonds is 9. The number of hydrogen-bond acceptors (Lipinski definition) is 3. The zero-order valence-electron chi connectivity index (χ0n) is 32.5. The summed E-state index contributed by atoms with van der Waals surface area (Å²) in [5, 5.41) is 4.57. The highest BCUT2D eigenvalue weighted by Crippen LogP contribution is 2.43. The normalized spacial score (nSPS) is 11.1. The lowest BCUT2D eigenvalue weighted by atomic mass is 9.88. The molecule has 0 saturated heterocycles. The van der Waals surface area contributed by atoms with Gasteiger partial charge in [0.25, 0.3) is 0 Å². The van der Waals surface area contributed by atoms with Crippen molar-refractivity contribution in [3.8, 4) is 33.4 Å². The van der Waals surface area contributed by atoms with E-state index in [-0.39, 0.29) is 0 Å². The van der Waals surface area contributed by atoms with Crippen LogP contribution in [0, 0.1) is 0 Å². The summed E-state index contributed by atoms with van der Waals surface area (Å²) in [6.07, 6.45) is 0. The SMILES string of the molecule is Nc1cccc2c(-c3ccc(N(c4ccccc4)c4ccccc4)cc3)ccc(-c3cccc4cc(-c5ccc(N(c6ccccc6)c6ccccc6)cc5)ccc34)c12. The average Bonchev–Trinajstić information content (AvgIpc) is 3.31. The van der Waals surface area contributed by atoms with Gasteiger partial charge in [-0.05, 0) is 134 Å². The fraction of sp³-hybridized carbons (Fsp3) is 0. The molecule has 0 fully saturated rings. The van der Waals surface area contributed by atoms with Crippen LogP contribution in [0.3, 0.4) is 0 Å². The van der Waals surface area contributed by atoms with E-state index in [1.807, 2.05) is 6.07 Å². The van der Waals surface area contributed by atoms with E-state index in [4.69, 9.17) is 5.73 Å². The molecule has 3 heteroatoms. The van der Waals surface area contributed by atoms with E-state index in [1.165, 1.54) is 21.9 Å². The van der Waals surface area contributed by atoms with Gasteiger partial charge in [0.05, 0.1) is 0 Å². The average molecular weight is 756 g/mol. The van der Waals surface area contributed by atoms with E-state index in [0.29, 0.717) is 0 Å². The highest BCUT2D eigenvalue weighted by Gasteiger charge is 2.17. The molecular formula is C56H41N3. The second kappa shape index (κ2) is 15.6. The van der Waals surface area contributed by atoms with Crippen LogP contribution in [0.4, 0.5) is 39.8 Å². The van der Waals surface area contributed by atoms with Crippen molar-refractivity contribution in [1.82, 2.24) is 0 Å². The summed E-state index contributed by atoms with van der Waals surface area (Å²) in [5.74, 6) is 0. The van der Waals surface area contributed by atoms with Gasteiger partial charge in [-0.1, -0.05) is 152 Å². The van der Waals surface area contributed by atoms with Crippen molar-refractivity contribution >= 4 is 61.4 Å². The zero-order valence-corrected chi connectivity index (χ0v) is 32.5. The Bertz CT molecular complexity index is 2940. The molecular weight excluding hydrogens is 715 g/mol. The van der Waals surface area contributed by atoms with Gasteiger partial charge in [0, 0.05) is 45.2 Å². The van der Waals surface area contributed by atoms with Gasteiger partial charge < -0.3 is 15.5 Å². The van der Waals surface area contributed by atoms with Crippen LogP contribution in [-0.4, -0.2) is 0 Å². The van der Waals surface area contributed by atoms with Crippen molar-refractivity contribution in [2.75, 3.05) is 15.5 Å². The van der Waals surface area contributed by atoms with Crippen LogP contribution in [0.15, 0.2) is 237 Å². The van der Waals surface area contributed by atoms with E-state index in [1.54, 1.807) is 0 Å². The van der Waals surface area contributed by atoms with Gasteiger partial charge >= 0.3 is 0 Å². The van der Waals surface area contributed by atoms with Crippen molar-refractivity contribution in [2.24, 2.45) is 0 Å². The summed E-state index contributed by atoms with van der Waals surface area (Å²) in [7, 11) is 0. The first-order chi connectivity index (χ1) is 29.2. The van der Waals surface area contributed by atoms with E-state index < -0.39 is 0 Å². The Balaban J connectivity index is 0.992. The first-order valence-corrected chi connectivity index (χ1v) is 20.1. The Morgan fingerprint density at radius 1 is 0.271 bits per heavy atom. The fourth-order valence-electron chi connectivity index (χ4n) is 8.40. The predicted molar refractivity (Wildman–Crippen MR) is 252 cm³/mol. The number of nitrogens with two attached hydrogens (primary N) is 1. The van der Waals surface area contributed by atoms with E-state index in [0.717, 1.165) is 72.8 Å². The number of anilines is 7. The lowest BCUT2D eigenvalue weighted by Gasteiger charge is -2.25. The Kier molecular flexibility index (Phi) is 9.38. The van der Waals surface area contributed by atoms with Crippen molar-refractivity contribution in [3.05, 3.63) is 237 Å². The van der Waals surface area contributed by atoms with Crippen molar-refractivity contribution in [3.63, 3.8) is 0 Å². The first-order valence-electron chi connectivity index (χ1n) is 20.1. The zero-order chi connectivity index (χ0) is 39.5. The maximum absolute atomic E-state index is 6.88. The molecule has 0 aliphatic carbocycles. The molecule has 0 aliphatic rings. The minimum atomic E-state index is 0.768. The highest BCUT2D eigenvalue weighted by molar-refractivity contribution is 6.14. The van der Waals surface area contributed by atoms with E-state index in [9.17, 15) is 0 Å². The molecule has 3 nitrogen and oxygen atoms in total. The Morgan fingerprint density at radius 2 is 0.712 bits per heavy atom. The van der Waals surface area contributed by atoms with Crippen molar-refractivity contribution in [2.45, 2.75) is 0 Å². The quantitative estimate of drug-likeness (QED) is 0.149. The summed E-state index contributed by atoms with van der Waals surface area (Å²) < 4.78 is 0. The van der Waals surface area contributed by atoms with Crippen molar-refractivity contribution in [1.29, 1.82) is 0 Å². The van der Waals surface area contributed by atoms with Gasteiger partial charge in [-0.3, -0.25) is 0 Å². The summed E-state index contributed by atoms with van der Waals surface area (Å²) in [5.41, 5.74) is 21.2. The molecule has 0 aliphatic heterocycles. The molecule has 10 rings (SSSR count). The van der Waals surface area contributed by atoms with Gasteiger partial charge in [0.2, 0.25) is 0 Å². The van der Waals surface area contributed by atoms with Crippen LogP contribution in [0.2, 0.25) is 0 Å². The standard InChI is InChI=1S/C56H41N3/c57-55-26-14-25-53-50(41-29-34-49(35-30-41)59(46-20-9-3-10-21-46)47-22-11-4-12-23-47)37-38-54(56(53)55)52-24-13-15-43-39-42(31-36-51(43)52)40-27-32-48(33-28-40)58(44-16-5-1-6-17-44)45-18-7-2-8-19-45/h1-39H,57H2. The molecule has 0 heterocycles. The number of fused-ring (bicyclic) bond motifs is 2. The summed E-state index contributed by atoms with van der Waals surface area (Å²) in [6, 6.07) is 83.9. The van der Waals surface area contributed by atoms with Crippen LogP contribution in [0.1, 0.15) is 0 Å². The van der Waals surface area contributed by atoms with Crippen LogP contribution in [0.5, 0.6) is 0 Å². The van der Waals surface area contributed by atoms with Gasteiger partial charge in [-0.2, -0.15) is 0 Å². The molecule has 0 saturated carbocycles. The monoisotopic (exact) mass is 755 g/mol. The molecule has 10 aromatic rings. The largest absolute Gasteiger partial charge is 0.398 e. The van der Waals surface area contributed by atoms with Gasteiger partial charge in [-0.15, -0.1) is 0 Å². The molecule has 0 atom stereocenters. The lowest BCUT2D eigenvalue weighted by molar-refractivity contribution is 1.28. The molecule has 0 amide bonds. The van der Waals surface area contributed by atoms with Crippen molar-refractivity contribution < 1.29 is 0 Å². The molecule has 0 aromatic heterocycles. The third kappa shape index (κ3) is 6.85. The number of nitrogen functional groups attached to an aromatic ring is 1. The smallest absolute Gasteiger partial charge is 0.0462 e.